The van der Waals surface area contributed by atoms with Crippen LogP contribution in [0.2, 0.25) is 0 Å². The minimum atomic E-state index is -0.458. The molecular weight excluding hydrogens is 210 g/mol. The third kappa shape index (κ3) is 2.92. The van der Waals surface area contributed by atoms with Crippen molar-refractivity contribution in [3.05, 3.63) is 65.0 Å². The standard InChI is InChI=1S/C15H17NO/c1-11-3-4-13(9-12(11)2)10-15(17)14-5-7-16-8-6-14/h3-9,15,17H,10H2,1-2H3. The van der Waals surface area contributed by atoms with Gasteiger partial charge in [-0.3, -0.25) is 4.98 Å². The van der Waals surface area contributed by atoms with Crippen LogP contribution in [0.5, 0.6) is 0 Å². The van der Waals surface area contributed by atoms with Crippen LogP contribution < -0.4 is 0 Å². The molecule has 2 nitrogen and oxygen atoms in total. The van der Waals surface area contributed by atoms with Gasteiger partial charge in [0.2, 0.25) is 0 Å². The molecule has 0 aliphatic rings. The Balaban J connectivity index is 2.13. The highest BCUT2D eigenvalue weighted by molar-refractivity contribution is 5.31. The third-order valence-electron chi connectivity index (χ3n) is 3.09. The maximum atomic E-state index is 10.1. The normalized spacial score (nSPS) is 12.4. The summed E-state index contributed by atoms with van der Waals surface area (Å²) in [7, 11) is 0. The highest BCUT2D eigenvalue weighted by atomic mass is 16.3. The fraction of sp³-hybridized carbons (Fsp3) is 0.267. The van der Waals surface area contributed by atoms with E-state index in [4.69, 9.17) is 0 Å². The molecule has 1 atom stereocenters. The molecule has 1 aromatic heterocycles. The van der Waals surface area contributed by atoms with E-state index in [0.717, 1.165) is 11.1 Å². The van der Waals surface area contributed by atoms with E-state index >= 15 is 0 Å². The van der Waals surface area contributed by atoms with E-state index in [9.17, 15) is 5.11 Å². The molecule has 0 amide bonds. The highest BCUT2D eigenvalue weighted by Gasteiger charge is 2.08. The number of pyridine rings is 1. The monoisotopic (exact) mass is 227 g/mol. The lowest BCUT2D eigenvalue weighted by molar-refractivity contribution is 0.178. The average Bonchev–Trinajstić information content (AvgIpc) is 2.35. The molecule has 1 aromatic carbocycles. The number of aryl methyl sites for hydroxylation is 2. The van der Waals surface area contributed by atoms with Crippen LogP contribution in [-0.4, -0.2) is 10.1 Å². The van der Waals surface area contributed by atoms with E-state index in [-0.39, 0.29) is 0 Å². The zero-order chi connectivity index (χ0) is 12.3. The Bertz CT molecular complexity index is 494. The van der Waals surface area contributed by atoms with Crippen LogP contribution in [0.15, 0.2) is 42.7 Å². The van der Waals surface area contributed by atoms with Gasteiger partial charge in [-0.15, -0.1) is 0 Å². The van der Waals surface area contributed by atoms with Gasteiger partial charge in [0.25, 0.3) is 0 Å². The number of aliphatic hydroxyl groups excluding tert-OH is 1. The molecule has 1 N–H and O–H groups in total. The van der Waals surface area contributed by atoms with Crippen LogP contribution in [0.3, 0.4) is 0 Å². The Hall–Kier alpha value is -1.67. The molecule has 0 aliphatic heterocycles. The molecule has 1 unspecified atom stereocenters. The van der Waals surface area contributed by atoms with Crippen molar-refractivity contribution in [1.29, 1.82) is 0 Å². The first kappa shape index (κ1) is 11.8. The second kappa shape index (κ2) is 5.11. The summed E-state index contributed by atoms with van der Waals surface area (Å²) in [6.07, 6.45) is 3.60. The molecule has 1 heterocycles. The number of aromatic nitrogens is 1. The summed E-state index contributed by atoms with van der Waals surface area (Å²) in [5, 5.41) is 10.1. The van der Waals surface area contributed by atoms with Gasteiger partial charge in [-0.05, 0) is 48.2 Å². The maximum absolute atomic E-state index is 10.1. The number of aliphatic hydroxyl groups is 1. The quantitative estimate of drug-likeness (QED) is 0.874. The van der Waals surface area contributed by atoms with Crippen molar-refractivity contribution in [2.24, 2.45) is 0 Å². The molecule has 2 heteroatoms. The van der Waals surface area contributed by atoms with Crippen LogP contribution in [-0.2, 0) is 6.42 Å². The van der Waals surface area contributed by atoms with Crippen molar-refractivity contribution in [1.82, 2.24) is 4.98 Å². The highest BCUT2D eigenvalue weighted by Crippen LogP contribution is 2.19. The summed E-state index contributed by atoms with van der Waals surface area (Å²) in [6.45, 7) is 4.19. The molecule has 0 spiro atoms. The first-order valence-electron chi connectivity index (χ1n) is 5.81. The summed E-state index contributed by atoms with van der Waals surface area (Å²) in [6, 6.07) is 10.0. The number of benzene rings is 1. The molecule has 0 aliphatic carbocycles. The van der Waals surface area contributed by atoms with Gasteiger partial charge in [0, 0.05) is 18.8 Å². The molecule has 17 heavy (non-hydrogen) atoms. The molecule has 0 bridgehead atoms. The van der Waals surface area contributed by atoms with Crippen molar-refractivity contribution in [2.45, 2.75) is 26.4 Å². The molecule has 0 saturated heterocycles. The summed E-state index contributed by atoms with van der Waals surface area (Å²) in [4.78, 5) is 3.95. The minimum absolute atomic E-state index is 0.458. The largest absolute Gasteiger partial charge is 0.388 e. The zero-order valence-corrected chi connectivity index (χ0v) is 10.2. The zero-order valence-electron chi connectivity index (χ0n) is 10.2. The smallest absolute Gasteiger partial charge is 0.0831 e. The lowest BCUT2D eigenvalue weighted by Crippen LogP contribution is -2.02. The van der Waals surface area contributed by atoms with Crippen LogP contribution in [0.1, 0.15) is 28.4 Å². The second-order valence-electron chi connectivity index (χ2n) is 4.42. The number of hydrogen-bond donors (Lipinski definition) is 1. The van der Waals surface area contributed by atoms with Crippen LogP contribution in [0.25, 0.3) is 0 Å². The van der Waals surface area contributed by atoms with E-state index in [1.165, 1.54) is 11.1 Å². The van der Waals surface area contributed by atoms with E-state index in [2.05, 4.69) is 37.0 Å². The van der Waals surface area contributed by atoms with E-state index in [1.54, 1.807) is 12.4 Å². The van der Waals surface area contributed by atoms with Crippen molar-refractivity contribution in [3.8, 4) is 0 Å². The number of nitrogens with zero attached hydrogens (tertiary/aromatic N) is 1. The average molecular weight is 227 g/mol. The lowest BCUT2D eigenvalue weighted by Gasteiger charge is -2.11. The Morgan fingerprint density at radius 1 is 1.06 bits per heavy atom. The van der Waals surface area contributed by atoms with E-state index in [1.807, 2.05) is 12.1 Å². The van der Waals surface area contributed by atoms with Gasteiger partial charge in [0.1, 0.15) is 0 Å². The first-order valence-corrected chi connectivity index (χ1v) is 5.81. The van der Waals surface area contributed by atoms with Crippen molar-refractivity contribution in [3.63, 3.8) is 0 Å². The van der Waals surface area contributed by atoms with Crippen molar-refractivity contribution >= 4 is 0 Å². The van der Waals surface area contributed by atoms with Gasteiger partial charge in [-0.25, -0.2) is 0 Å². The summed E-state index contributed by atoms with van der Waals surface area (Å²) >= 11 is 0. The van der Waals surface area contributed by atoms with Crippen molar-refractivity contribution in [2.75, 3.05) is 0 Å². The van der Waals surface area contributed by atoms with Gasteiger partial charge in [0.15, 0.2) is 0 Å². The van der Waals surface area contributed by atoms with Crippen LogP contribution in [0.4, 0.5) is 0 Å². The van der Waals surface area contributed by atoms with Gasteiger partial charge in [-0.1, -0.05) is 18.2 Å². The Kier molecular flexibility index (Phi) is 3.55. The SMILES string of the molecule is Cc1ccc(CC(O)c2ccncc2)cc1C. The Labute approximate surface area is 102 Å². The van der Waals surface area contributed by atoms with Crippen LogP contribution in [0, 0.1) is 13.8 Å². The van der Waals surface area contributed by atoms with Crippen molar-refractivity contribution < 1.29 is 5.11 Å². The maximum Gasteiger partial charge on any atom is 0.0831 e. The van der Waals surface area contributed by atoms with Gasteiger partial charge < -0.3 is 5.11 Å². The predicted molar refractivity (Wildman–Crippen MR) is 68.8 cm³/mol. The number of hydrogen-bond acceptors (Lipinski definition) is 2. The molecule has 88 valence electrons. The first-order chi connectivity index (χ1) is 8.16. The second-order valence-corrected chi connectivity index (χ2v) is 4.42. The summed E-state index contributed by atoms with van der Waals surface area (Å²) in [5.74, 6) is 0. The molecular formula is C15H17NO. The molecule has 0 saturated carbocycles. The Morgan fingerprint density at radius 2 is 1.76 bits per heavy atom. The van der Waals surface area contributed by atoms with Crippen LogP contribution >= 0.6 is 0 Å². The molecule has 2 rings (SSSR count). The minimum Gasteiger partial charge on any atom is -0.388 e. The van der Waals surface area contributed by atoms with Gasteiger partial charge in [-0.2, -0.15) is 0 Å². The van der Waals surface area contributed by atoms with E-state index < -0.39 is 6.10 Å². The van der Waals surface area contributed by atoms with Gasteiger partial charge >= 0.3 is 0 Å². The molecule has 0 fully saturated rings. The molecule has 2 aromatic rings. The molecule has 0 radical (unpaired) electrons. The summed E-state index contributed by atoms with van der Waals surface area (Å²) in [5.41, 5.74) is 4.63. The Morgan fingerprint density at radius 3 is 2.41 bits per heavy atom. The third-order valence-corrected chi connectivity index (χ3v) is 3.09. The predicted octanol–water partition coefficient (Wildman–Crippen LogP) is 2.97. The van der Waals surface area contributed by atoms with Gasteiger partial charge in [0.05, 0.1) is 6.10 Å². The lowest BCUT2D eigenvalue weighted by atomic mass is 9.99. The fourth-order valence-electron chi connectivity index (χ4n) is 1.86. The summed E-state index contributed by atoms with van der Waals surface area (Å²) < 4.78 is 0. The topological polar surface area (TPSA) is 33.1 Å². The van der Waals surface area contributed by atoms with E-state index in [0.29, 0.717) is 6.42 Å². The fourth-order valence-corrected chi connectivity index (χ4v) is 1.86. The number of rotatable bonds is 3.